The van der Waals surface area contributed by atoms with E-state index in [2.05, 4.69) is 14.5 Å². The molecule has 0 unspecified atom stereocenters. The lowest BCUT2D eigenvalue weighted by Gasteiger charge is -2.27. The van der Waals surface area contributed by atoms with Crippen molar-refractivity contribution < 1.29 is 4.74 Å². The quantitative estimate of drug-likeness (QED) is 0.842. The van der Waals surface area contributed by atoms with Gasteiger partial charge in [-0.3, -0.25) is 4.90 Å². The van der Waals surface area contributed by atoms with Crippen LogP contribution in [0.4, 0.5) is 0 Å². The number of rotatable bonds is 5. The second-order valence-corrected chi connectivity index (χ2v) is 5.50. The first kappa shape index (κ1) is 13.5. The number of nitrogens with two attached hydrogens (primary N) is 1. The Kier molecular flexibility index (Phi) is 4.37. The van der Waals surface area contributed by atoms with E-state index in [1.807, 2.05) is 26.4 Å². The highest BCUT2D eigenvalue weighted by molar-refractivity contribution is 5.09. The van der Waals surface area contributed by atoms with Crippen molar-refractivity contribution in [3.63, 3.8) is 0 Å². The molecule has 18 heavy (non-hydrogen) atoms. The summed E-state index contributed by atoms with van der Waals surface area (Å²) in [6.45, 7) is 9.97. The Hall–Kier alpha value is -0.910. The van der Waals surface area contributed by atoms with Crippen LogP contribution in [0, 0.1) is 0 Å². The number of hydrogen-bond acceptors (Lipinski definition) is 4. The summed E-state index contributed by atoms with van der Waals surface area (Å²) in [5, 5.41) is 0. The minimum atomic E-state index is -0.324. The number of morpholine rings is 1. The maximum Gasteiger partial charge on any atom is 0.0948 e. The van der Waals surface area contributed by atoms with E-state index >= 15 is 0 Å². The van der Waals surface area contributed by atoms with Crippen LogP contribution in [0.1, 0.15) is 26.0 Å². The third-order valence-corrected chi connectivity index (χ3v) is 3.35. The number of ether oxygens (including phenoxy) is 1. The van der Waals surface area contributed by atoms with Crippen molar-refractivity contribution in [2.75, 3.05) is 32.8 Å². The van der Waals surface area contributed by atoms with Crippen LogP contribution in [0.2, 0.25) is 0 Å². The Morgan fingerprint density at radius 3 is 2.72 bits per heavy atom. The van der Waals surface area contributed by atoms with Gasteiger partial charge in [-0.05, 0) is 20.3 Å². The average molecular weight is 252 g/mol. The molecule has 2 heterocycles. The third-order valence-electron chi connectivity index (χ3n) is 3.35. The molecule has 0 spiro atoms. The fraction of sp³-hybridized carbons (Fsp3) is 0.769. The van der Waals surface area contributed by atoms with Gasteiger partial charge in [0.15, 0.2) is 0 Å². The molecule has 0 aromatic carbocycles. The zero-order valence-corrected chi connectivity index (χ0v) is 11.4. The summed E-state index contributed by atoms with van der Waals surface area (Å²) in [5.74, 6) is 0. The molecule has 1 saturated heterocycles. The molecule has 5 nitrogen and oxygen atoms in total. The highest BCUT2D eigenvalue weighted by Gasteiger charge is 2.18. The summed E-state index contributed by atoms with van der Waals surface area (Å²) in [6.07, 6.45) is 4.87. The normalized spacial score (nSPS) is 18.2. The van der Waals surface area contributed by atoms with Crippen LogP contribution in [0.25, 0.3) is 0 Å². The number of aryl methyl sites for hydroxylation is 1. The summed E-state index contributed by atoms with van der Waals surface area (Å²) in [4.78, 5) is 6.66. The van der Waals surface area contributed by atoms with Crippen molar-refractivity contribution in [1.82, 2.24) is 14.5 Å². The first-order valence-corrected chi connectivity index (χ1v) is 6.67. The Morgan fingerprint density at radius 1 is 1.33 bits per heavy atom. The zero-order valence-electron chi connectivity index (χ0n) is 11.4. The predicted octanol–water partition coefficient (Wildman–Crippen LogP) is 0.799. The number of nitrogens with zero attached hydrogens (tertiary/aromatic N) is 3. The van der Waals surface area contributed by atoms with Crippen LogP contribution in [-0.4, -0.2) is 47.3 Å². The molecule has 0 amide bonds. The molecule has 1 aromatic rings. The molecule has 0 aliphatic carbocycles. The van der Waals surface area contributed by atoms with E-state index in [0.29, 0.717) is 0 Å². The molecule has 5 heteroatoms. The fourth-order valence-corrected chi connectivity index (χ4v) is 2.32. The summed E-state index contributed by atoms with van der Waals surface area (Å²) >= 11 is 0. The molecule has 0 bridgehead atoms. The van der Waals surface area contributed by atoms with Gasteiger partial charge in [0.1, 0.15) is 0 Å². The topological polar surface area (TPSA) is 56.3 Å². The van der Waals surface area contributed by atoms with Gasteiger partial charge in [-0.1, -0.05) is 0 Å². The predicted molar refractivity (Wildman–Crippen MR) is 71.3 cm³/mol. The summed E-state index contributed by atoms with van der Waals surface area (Å²) in [6, 6.07) is 0. The fourth-order valence-electron chi connectivity index (χ4n) is 2.32. The van der Waals surface area contributed by atoms with Crippen LogP contribution >= 0.6 is 0 Å². The van der Waals surface area contributed by atoms with Gasteiger partial charge in [-0.2, -0.15) is 0 Å². The van der Waals surface area contributed by atoms with E-state index in [1.165, 1.54) is 0 Å². The molecule has 2 rings (SSSR count). The van der Waals surface area contributed by atoms with E-state index in [4.69, 9.17) is 10.5 Å². The molecule has 1 aliphatic heterocycles. The lowest BCUT2D eigenvalue weighted by molar-refractivity contribution is 0.0369. The number of hydrogen-bond donors (Lipinski definition) is 1. The Morgan fingerprint density at radius 2 is 2.06 bits per heavy atom. The molecule has 1 fully saturated rings. The van der Waals surface area contributed by atoms with Gasteiger partial charge in [0.2, 0.25) is 0 Å². The highest BCUT2D eigenvalue weighted by Crippen LogP contribution is 2.16. The Bertz CT molecular complexity index is 363. The first-order valence-electron chi connectivity index (χ1n) is 6.67. The van der Waals surface area contributed by atoms with Gasteiger partial charge in [0.05, 0.1) is 30.8 Å². The Labute approximate surface area is 109 Å². The lowest BCUT2D eigenvalue weighted by Crippen LogP contribution is -2.37. The maximum atomic E-state index is 6.13. The summed E-state index contributed by atoms with van der Waals surface area (Å²) < 4.78 is 7.51. The van der Waals surface area contributed by atoms with Crippen LogP contribution < -0.4 is 5.73 Å². The number of imidazole rings is 1. The van der Waals surface area contributed by atoms with Crippen LogP contribution in [0.15, 0.2) is 12.5 Å². The van der Waals surface area contributed by atoms with Crippen molar-refractivity contribution >= 4 is 0 Å². The molecular formula is C13H24N4O. The largest absolute Gasteiger partial charge is 0.379 e. The standard InChI is InChI=1S/C13H24N4O/c1-13(2,14)12-10-15-11-17(12)5-3-4-16-6-8-18-9-7-16/h10-11H,3-9,14H2,1-2H3. The smallest absolute Gasteiger partial charge is 0.0948 e. The second-order valence-electron chi connectivity index (χ2n) is 5.50. The molecular weight excluding hydrogens is 228 g/mol. The minimum absolute atomic E-state index is 0.324. The van der Waals surface area contributed by atoms with Gasteiger partial charge in [0.25, 0.3) is 0 Å². The molecule has 102 valence electrons. The SMILES string of the molecule is CC(C)(N)c1cncn1CCCN1CCOCC1. The van der Waals surface area contributed by atoms with Crippen molar-refractivity contribution in [2.45, 2.75) is 32.4 Å². The third kappa shape index (κ3) is 3.54. The van der Waals surface area contributed by atoms with E-state index in [0.717, 1.165) is 51.5 Å². The van der Waals surface area contributed by atoms with Gasteiger partial charge < -0.3 is 15.0 Å². The van der Waals surface area contributed by atoms with Gasteiger partial charge in [0, 0.05) is 32.4 Å². The number of aromatic nitrogens is 2. The van der Waals surface area contributed by atoms with Crippen LogP contribution in [0.5, 0.6) is 0 Å². The van der Waals surface area contributed by atoms with E-state index in [1.54, 1.807) is 0 Å². The van der Waals surface area contributed by atoms with Gasteiger partial charge >= 0.3 is 0 Å². The lowest BCUT2D eigenvalue weighted by atomic mass is 10.0. The molecule has 0 saturated carbocycles. The van der Waals surface area contributed by atoms with E-state index in [9.17, 15) is 0 Å². The van der Waals surface area contributed by atoms with E-state index in [-0.39, 0.29) is 5.54 Å². The molecule has 1 aromatic heterocycles. The summed E-state index contributed by atoms with van der Waals surface area (Å²) in [5.41, 5.74) is 6.91. The zero-order chi connectivity index (χ0) is 13.0. The van der Waals surface area contributed by atoms with Gasteiger partial charge in [-0.15, -0.1) is 0 Å². The van der Waals surface area contributed by atoms with Crippen LogP contribution in [0.3, 0.4) is 0 Å². The molecule has 0 atom stereocenters. The van der Waals surface area contributed by atoms with Gasteiger partial charge in [-0.25, -0.2) is 4.98 Å². The highest BCUT2D eigenvalue weighted by atomic mass is 16.5. The summed E-state index contributed by atoms with van der Waals surface area (Å²) in [7, 11) is 0. The second kappa shape index (κ2) is 5.82. The average Bonchev–Trinajstić information content (AvgIpc) is 2.78. The van der Waals surface area contributed by atoms with Crippen molar-refractivity contribution in [1.29, 1.82) is 0 Å². The van der Waals surface area contributed by atoms with Crippen molar-refractivity contribution in [3.05, 3.63) is 18.2 Å². The van der Waals surface area contributed by atoms with Crippen LogP contribution in [-0.2, 0) is 16.8 Å². The van der Waals surface area contributed by atoms with E-state index < -0.39 is 0 Å². The Balaban J connectivity index is 1.81. The maximum absolute atomic E-state index is 6.13. The first-order chi connectivity index (χ1) is 8.57. The van der Waals surface area contributed by atoms with Crippen molar-refractivity contribution in [2.24, 2.45) is 5.73 Å². The molecule has 2 N–H and O–H groups in total. The molecule has 0 radical (unpaired) electrons. The van der Waals surface area contributed by atoms with Crippen molar-refractivity contribution in [3.8, 4) is 0 Å². The molecule has 1 aliphatic rings. The minimum Gasteiger partial charge on any atom is -0.379 e. The monoisotopic (exact) mass is 252 g/mol.